The van der Waals surface area contributed by atoms with Crippen LogP contribution in [0.3, 0.4) is 0 Å². The zero-order valence-corrected chi connectivity index (χ0v) is 11.6. The fourth-order valence-electron chi connectivity index (χ4n) is 2.82. The van der Waals surface area contributed by atoms with Gasteiger partial charge in [0.15, 0.2) is 0 Å². The minimum atomic E-state index is 0.303. The predicted molar refractivity (Wildman–Crippen MR) is 70.2 cm³/mol. The first kappa shape index (κ1) is 13.5. The summed E-state index contributed by atoms with van der Waals surface area (Å²) in [6.07, 6.45) is 5.55. The summed E-state index contributed by atoms with van der Waals surface area (Å²) in [6.45, 7) is 6.27. The smallest absolute Gasteiger partial charge is 0.0757 e. The molecule has 0 amide bonds. The Kier molecular flexibility index (Phi) is 4.72. The van der Waals surface area contributed by atoms with Crippen molar-refractivity contribution in [3.63, 3.8) is 0 Å². The maximum atomic E-state index is 5.82. The van der Waals surface area contributed by atoms with E-state index in [0.717, 1.165) is 38.1 Å². The Balaban J connectivity index is 2.17. The lowest BCUT2D eigenvalue weighted by atomic mass is 9.89. The van der Waals surface area contributed by atoms with E-state index < -0.39 is 0 Å². The topological polar surface area (TPSA) is 52.0 Å². The molecule has 3 unspecified atom stereocenters. The van der Waals surface area contributed by atoms with Gasteiger partial charge in [0.05, 0.1) is 24.0 Å². The molecular weight excluding hydrogens is 228 g/mol. The number of ether oxygens (including phenoxy) is 1. The molecule has 1 aromatic rings. The third-order valence-corrected chi connectivity index (χ3v) is 3.77. The van der Waals surface area contributed by atoms with Crippen molar-refractivity contribution >= 4 is 0 Å². The van der Waals surface area contributed by atoms with E-state index in [1.54, 1.807) is 0 Å². The molecule has 18 heavy (non-hydrogen) atoms. The summed E-state index contributed by atoms with van der Waals surface area (Å²) >= 11 is 0. The first-order valence-corrected chi connectivity index (χ1v) is 6.97. The number of nitrogens with one attached hydrogen (secondary N) is 1. The largest absolute Gasteiger partial charge is 0.378 e. The molecule has 0 radical (unpaired) electrons. The molecule has 2 rings (SSSR count). The summed E-state index contributed by atoms with van der Waals surface area (Å²) in [5.41, 5.74) is 1.16. The van der Waals surface area contributed by atoms with Gasteiger partial charge in [-0.05, 0) is 25.8 Å². The SMILES string of the molecule is CCCNC(c1cnnn1C)C1CCOC1CC. The van der Waals surface area contributed by atoms with Crippen LogP contribution in [0.2, 0.25) is 0 Å². The van der Waals surface area contributed by atoms with Crippen LogP contribution in [0.1, 0.15) is 44.8 Å². The fraction of sp³-hybridized carbons (Fsp3) is 0.846. The lowest BCUT2D eigenvalue weighted by molar-refractivity contribution is 0.0765. The summed E-state index contributed by atoms with van der Waals surface area (Å²) in [5.74, 6) is 0.527. The highest BCUT2D eigenvalue weighted by atomic mass is 16.5. The lowest BCUT2D eigenvalue weighted by Crippen LogP contribution is -2.34. The molecular formula is C13H24N4O. The molecule has 1 aliphatic heterocycles. The van der Waals surface area contributed by atoms with Gasteiger partial charge in [0.1, 0.15) is 0 Å². The van der Waals surface area contributed by atoms with Crippen LogP contribution in [-0.4, -0.2) is 34.2 Å². The Morgan fingerprint density at radius 2 is 2.39 bits per heavy atom. The first-order chi connectivity index (χ1) is 8.77. The Morgan fingerprint density at radius 1 is 1.56 bits per heavy atom. The van der Waals surface area contributed by atoms with Gasteiger partial charge < -0.3 is 10.1 Å². The van der Waals surface area contributed by atoms with Crippen molar-refractivity contribution in [3.8, 4) is 0 Å². The average molecular weight is 252 g/mol. The van der Waals surface area contributed by atoms with Gasteiger partial charge in [-0.3, -0.25) is 4.68 Å². The molecule has 5 nitrogen and oxygen atoms in total. The van der Waals surface area contributed by atoms with Crippen LogP contribution in [0.4, 0.5) is 0 Å². The molecule has 0 aliphatic carbocycles. The quantitative estimate of drug-likeness (QED) is 0.837. The monoisotopic (exact) mass is 252 g/mol. The van der Waals surface area contributed by atoms with Gasteiger partial charge in [0, 0.05) is 19.6 Å². The van der Waals surface area contributed by atoms with Crippen LogP contribution in [-0.2, 0) is 11.8 Å². The van der Waals surface area contributed by atoms with Crippen LogP contribution >= 0.6 is 0 Å². The fourth-order valence-corrected chi connectivity index (χ4v) is 2.82. The van der Waals surface area contributed by atoms with E-state index >= 15 is 0 Å². The number of hydrogen-bond donors (Lipinski definition) is 1. The molecule has 0 bridgehead atoms. The lowest BCUT2D eigenvalue weighted by Gasteiger charge is -2.27. The molecule has 2 heterocycles. The highest BCUT2D eigenvalue weighted by Gasteiger charge is 2.35. The van der Waals surface area contributed by atoms with E-state index in [9.17, 15) is 0 Å². The molecule has 5 heteroatoms. The summed E-state index contributed by atoms with van der Waals surface area (Å²) in [6, 6.07) is 0.303. The normalized spacial score (nSPS) is 25.5. The first-order valence-electron chi connectivity index (χ1n) is 6.97. The second-order valence-corrected chi connectivity index (χ2v) is 4.98. The number of nitrogens with zero attached hydrogens (tertiary/aromatic N) is 3. The highest BCUT2D eigenvalue weighted by molar-refractivity contribution is 5.06. The van der Waals surface area contributed by atoms with Gasteiger partial charge in [-0.25, -0.2) is 0 Å². The third kappa shape index (κ3) is 2.72. The van der Waals surface area contributed by atoms with E-state index in [4.69, 9.17) is 4.74 Å². The van der Waals surface area contributed by atoms with Crippen LogP contribution in [0.15, 0.2) is 6.20 Å². The predicted octanol–water partition coefficient (Wildman–Crippen LogP) is 1.67. The van der Waals surface area contributed by atoms with Gasteiger partial charge >= 0.3 is 0 Å². The van der Waals surface area contributed by atoms with Crippen molar-refractivity contribution in [2.45, 2.75) is 45.3 Å². The van der Waals surface area contributed by atoms with Crippen LogP contribution in [0, 0.1) is 5.92 Å². The van der Waals surface area contributed by atoms with E-state index in [1.165, 1.54) is 0 Å². The molecule has 0 saturated carbocycles. The van der Waals surface area contributed by atoms with E-state index in [2.05, 4.69) is 29.5 Å². The van der Waals surface area contributed by atoms with Crippen molar-refractivity contribution in [2.75, 3.05) is 13.2 Å². The van der Waals surface area contributed by atoms with Gasteiger partial charge in [-0.15, -0.1) is 5.10 Å². The van der Waals surface area contributed by atoms with Crippen molar-refractivity contribution in [1.82, 2.24) is 20.3 Å². The Bertz CT molecular complexity index is 366. The zero-order valence-electron chi connectivity index (χ0n) is 11.6. The standard InChI is InChI=1S/C13H24N4O/c1-4-7-14-13(11-9-15-16-17(11)3)10-6-8-18-12(10)5-2/h9-10,12-14H,4-8H2,1-3H3. The molecule has 102 valence electrons. The van der Waals surface area contributed by atoms with Crippen molar-refractivity contribution < 1.29 is 4.74 Å². The average Bonchev–Trinajstić information content (AvgIpc) is 2.99. The Hall–Kier alpha value is -0.940. The number of aryl methyl sites for hydroxylation is 1. The Labute approximate surface area is 109 Å². The summed E-state index contributed by atoms with van der Waals surface area (Å²) in [4.78, 5) is 0. The molecule has 1 N–H and O–H groups in total. The summed E-state index contributed by atoms with van der Waals surface area (Å²) in [5, 5.41) is 11.7. The van der Waals surface area contributed by atoms with Crippen LogP contribution in [0.25, 0.3) is 0 Å². The number of hydrogen-bond acceptors (Lipinski definition) is 4. The van der Waals surface area contributed by atoms with Gasteiger partial charge in [-0.2, -0.15) is 0 Å². The Morgan fingerprint density at radius 3 is 3.00 bits per heavy atom. The zero-order chi connectivity index (χ0) is 13.0. The van der Waals surface area contributed by atoms with E-state index in [0.29, 0.717) is 18.1 Å². The molecule has 1 aliphatic rings. The molecule has 3 atom stereocenters. The maximum Gasteiger partial charge on any atom is 0.0757 e. The summed E-state index contributed by atoms with van der Waals surface area (Å²) in [7, 11) is 1.96. The second-order valence-electron chi connectivity index (χ2n) is 4.98. The van der Waals surface area contributed by atoms with Crippen molar-refractivity contribution in [1.29, 1.82) is 0 Å². The molecule has 1 aromatic heterocycles. The van der Waals surface area contributed by atoms with Crippen molar-refractivity contribution in [3.05, 3.63) is 11.9 Å². The highest BCUT2D eigenvalue weighted by Crippen LogP contribution is 2.34. The van der Waals surface area contributed by atoms with Crippen LogP contribution in [0.5, 0.6) is 0 Å². The maximum absolute atomic E-state index is 5.82. The molecule has 0 spiro atoms. The number of aromatic nitrogens is 3. The summed E-state index contributed by atoms with van der Waals surface area (Å²) < 4.78 is 7.70. The second kappa shape index (κ2) is 6.29. The third-order valence-electron chi connectivity index (χ3n) is 3.77. The van der Waals surface area contributed by atoms with Crippen LogP contribution < -0.4 is 5.32 Å². The molecule has 0 aromatic carbocycles. The van der Waals surface area contributed by atoms with Gasteiger partial charge in [0.25, 0.3) is 0 Å². The van der Waals surface area contributed by atoms with E-state index in [1.807, 2.05) is 17.9 Å². The molecule has 1 fully saturated rings. The van der Waals surface area contributed by atoms with Crippen molar-refractivity contribution in [2.24, 2.45) is 13.0 Å². The number of rotatable bonds is 6. The van der Waals surface area contributed by atoms with Gasteiger partial charge in [0.2, 0.25) is 0 Å². The molecule has 1 saturated heterocycles. The van der Waals surface area contributed by atoms with Gasteiger partial charge in [-0.1, -0.05) is 19.1 Å². The minimum Gasteiger partial charge on any atom is -0.378 e. The van der Waals surface area contributed by atoms with E-state index in [-0.39, 0.29) is 0 Å². The minimum absolute atomic E-state index is 0.303.